The van der Waals surface area contributed by atoms with Gasteiger partial charge in [0, 0.05) is 29.4 Å². The van der Waals surface area contributed by atoms with Gasteiger partial charge in [-0.1, -0.05) is 18.2 Å². The molecule has 114 valence electrons. The minimum absolute atomic E-state index is 0.151. The molecule has 0 aliphatic rings. The van der Waals surface area contributed by atoms with Crippen LogP contribution in [-0.2, 0) is 10.0 Å². The Morgan fingerprint density at radius 1 is 1.23 bits per heavy atom. The van der Waals surface area contributed by atoms with Gasteiger partial charge in [0.2, 0.25) is 5.95 Å². The van der Waals surface area contributed by atoms with E-state index in [4.69, 9.17) is 11.8 Å². The molecular formula is C13H8ClF2N3O2S. The highest BCUT2D eigenvalue weighted by Crippen LogP contribution is 2.28. The Hall–Kier alpha value is -2.19. The van der Waals surface area contributed by atoms with Crippen LogP contribution in [-0.4, -0.2) is 17.5 Å². The highest BCUT2D eigenvalue weighted by atomic mass is 35.5. The van der Waals surface area contributed by atoms with E-state index in [1.165, 1.54) is 6.20 Å². The average molecular weight is 344 g/mol. The van der Waals surface area contributed by atoms with E-state index in [1.54, 1.807) is 24.3 Å². The number of para-hydroxylation sites is 1. The number of benzene rings is 1. The maximum atomic E-state index is 13.5. The third-order valence-electron chi connectivity index (χ3n) is 2.97. The number of rotatable bonds is 3. The minimum atomic E-state index is -4.16. The van der Waals surface area contributed by atoms with E-state index in [2.05, 4.69) is 4.98 Å². The number of nitrogens with one attached hydrogen (secondary N) is 1. The van der Waals surface area contributed by atoms with E-state index >= 15 is 0 Å². The molecule has 0 atom stereocenters. The number of halogens is 3. The monoisotopic (exact) mass is 343 g/mol. The molecule has 0 fully saturated rings. The van der Waals surface area contributed by atoms with Crippen LogP contribution >= 0.6 is 11.8 Å². The summed E-state index contributed by atoms with van der Waals surface area (Å²) in [5.74, 6) is -1.99. The number of hydrogen-bond donors (Lipinski definition) is 1. The van der Waals surface area contributed by atoms with Crippen molar-refractivity contribution in [2.45, 2.75) is 4.90 Å². The fraction of sp³-hybridized carbons (Fsp3) is 0. The van der Waals surface area contributed by atoms with Gasteiger partial charge in [0.05, 0.1) is 11.7 Å². The summed E-state index contributed by atoms with van der Waals surface area (Å²) in [5, 5.41) is 0.356. The van der Waals surface area contributed by atoms with Crippen molar-refractivity contribution in [3.05, 3.63) is 54.5 Å². The molecule has 22 heavy (non-hydrogen) atoms. The van der Waals surface area contributed by atoms with Gasteiger partial charge in [0.1, 0.15) is 16.4 Å². The van der Waals surface area contributed by atoms with Gasteiger partial charge < -0.3 is 0 Å². The van der Waals surface area contributed by atoms with Crippen molar-refractivity contribution >= 4 is 38.4 Å². The van der Waals surface area contributed by atoms with Crippen LogP contribution in [0.15, 0.2) is 47.6 Å². The third-order valence-corrected chi connectivity index (χ3v) is 4.64. The summed E-state index contributed by atoms with van der Waals surface area (Å²) in [5.41, 5.74) is -0.103. The van der Waals surface area contributed by atoms with Gasteiger partial charge in [0.15, 0.2) is 0 Å². The molecule has 2 aromatic heterocycles. The number of aromatic nitrogens is 2. The molecule has 0 unspecified atom stereocenters. The SMILES string of the molecule is O=S(=O)(Nc1cc(F)cnc1F)c1cn(Cl)c2ccccc12. The minimum Gasteiger partial charge on any atom is -0.275 e. The predicted molar refractivity (Wildman–Crippen MR) is 78.2 cm³/mol. The van der Waals surface area contributed by atoms with Crippen LogP contribution in [0.5, 0.6) is 0 Å². The summed E-state index contributed by atoms with van der Waals surface area (Å²) < 4.78 is 54.5. The molecule has 1 N–H and O–H groups in total. The zero-order chi connectivity index (χ0) is 15.9. The Morgan fingerprint density at radius 2 is 1.95 bits per heavy atom. The predicted octanol–water partition coefficient (Wildman–Crippen LogP) is 3.12. The van der Waals surface area contributed by atoms with Gasteiger partial charge >= 0.3 is 0 Å². The molecule has 0 spiro atoms. The number of sulfonamides is 1. The molecule has 0 saturated heterocycles. The molecule has 3 rings (SSSR count). The van der Waals surface area contributed by atoms with E-state index in [0.29, 0.717) is 23.2 Å². The Balaban J connectivity index is 2.11. The summed E-state index contributed by atoms with van der Waals surface area (Å²) in [6, 6.07) is 7.23. The standard InChI is InChI=1S/C13H8ClF2N3O2S/c14-19-7-12(9-3-1-2-4-11(9)19)22(20,21)18-10-5-8(15)6-17-13(10)16/h1-7,18H. The third kappa shape index (κ3) is 2.51. The van der Waals surface area contributed by atoms with E-state index in [0.717, 1.165) is 4.09 Å². The molecule has 1 aromatic carbocycles. The summed E-state index contributed by atoms with van der Waals surface area (Å²) >= 11 is 5.92. The largest absolute Gasteiger partial charge is 0.275 e. The molecular weight excluding hydrogens is 336 g/mol. The number of pyridine rings is 1. The number of hydrogen-bond acceptors (Lipinski definition) is 3. The van der Waals surface area contributed by atoms with Crippen molar-refractivity contribution < 1.29 is 17.2 Å². The van der Waals surface area contributed by atoms with Gasteiger partial charge in [-0.25, -0.2) is 17.8 Å². The lowest BCUT2D eigenvalue weighted by atomic mass is 10.2. The molecule has 5 nitrogen and oxygen atoms in total. The van der Waals surface area contributed by atoms with Crippen molar-refractivity contribution in [1.29, 1.82) is 0 Å². The molecule has 0 aliphatic carbocycles. The number of nitrogens with zero attached hydrogens (tertiary/aromatic N) is 2. The maximum Gasteiger partial charge on any atom is 0.264 e. The van der Waals surface area contributed by atoms with Gasteiger partial charge in [-0.15, -0.1) is 0 Å². The van der Waals surface area contributed by atoms with E-state index in [9.17, 15) is 17.2 Å². The number of anilines is 1. The van der Waals surface area contributed by atoms with Gasteiger partial charge in [-0.2, -0.15) is 4.39 Å². The fourth-order valence-electron chi connectivity index (χ4n) is 2.02. The second-order valence-corrected chi connectivity index (χ2v) is 6.43. The quantitative estimate of drug-likeness (QED) is 0.743. The van der Waals surface area contributed by atoms with E-state index in [1.807, 2.05) is 4.72 Å². The lowest BCUT2D eigenvalue weighted by Gasteiger charge is -2.07. The van der Waals surface area contributed by atoms with Crippen LogP contribution in [0.25, 0.3) is 10.9 Å². The Morgan fingerprint density at radius 3 is 2.73 bits per heavy atom. The van der Waals surface area contributed by atoms with E-state index in [-0.39, 0.29) is 4.90 Å². The second kappa shape index (κ2) is 5.22. The molecule has 0 aliphatic heterocycles. The van der Waals surface area contributed by atoms with Gasteiger partial charge in [0.25, 0.3) is 10.0 Å². The summed E-state index contributed by atoms with van der Waals surface area (Å²) in [6.45, 7) is 0. The van der Waals surface area contributed by atoms with E-state index < -0.39 is 27.5 Å². The first kappa shape index (κ1) is 14.7. The van der Waals surface area contributed by atoms with Crippen LogP contribution in [0.1, 0.15) is 0 Å². The van der Waals surface area contributed by atoms with Crippen LogP contribution < -0.4 is 4.72 Å². The lowest BCUT2D eigenvalue weighted by molar-refractivity contribution is 0.563. The molecule has 0 bridgehead atoms. The molecule has 0 saturated carbocycles. The first-order chi connectivity index (χ1) is 10.4. The zero-order valence-corrected chi connectivity index (χ0v) is 12.4. The molecule has 9 heteroatoms. The van der Waals surface area contributed by atoms with Crippen molar-refractivity contribution in [2.75, 3.05) is 4.72 Å². The summed E-state index contributed by atoms with van der Waals surface area (Å²) in [6.07, 6.45) is 1.83. The topological polar surface area (TPSA) is 64.0 Å². The molecule has 0 radical (unpaired) electrons. The van der Waals surface area contributed by atoms with Crippen molar-refractivity contribution in [3.8, 4) is 0 Å². The molecule has 3 aromatic rings. The fourth-order valence-corrected chi connectivity index (χ4v) is 3.57. The Kier molecular flexibility index (Phi) is 3.50. The van der Waals surface area contributed by atoms with Crippen LogP contribution in [0.4, 0.5) is 14.5 Å². The second-order valence-electron chi connectivity index (χ2n) is 4.42. The lowest BCUT2D eigenvalue weighted by Crippen LogP contribution is -2.14. The van der Waals surface area contributed by atoms with Crippen molar-refractivity contribution in [1.82, 2.24) is 9.07 Å². The summed E-state index contributed by atoms with van der Waals surface area (Å²) in [4.78, 5) is 2.97. The first-order valence-corrected chi connectivity index (χ1v) is 7.81. The zero-order valence-electron chi connectivity index (χ0n) is 10.8. The van der Waals surface area contributed by atoms with Crippen LogP contribution in [0.2, 0.25) is 0 Å². The molecule has 0 amide bonds. The number of fused-ring (bicyclic) bond motifs is 1. The van der Waals surface area contributed by atoms with Crippen molar-refractivity contribution in [2.24, 2.45) is 0 Å². The Labute approximate surface area is 129 Å². The Bertz CT molecular complexity index is 973. The van der Waals surface area contributed by atoms with Crippen LogP contribution in [0, 0.1) is 11.8 Å². The highest BCUT2D eigenvalue weighted by Gasteiger charge is 2.22. The summed E-state index contributed by atoms with van der Waals surface area (Å²) in [7, 11) is -4.16. The van der Waals surface area contributed by atoms with Gasteiger partial charge in [-0.3, -0.25) is 8.81 Å². The maximum absolute atomic E-state index is 13.5. The first-order valence-electron chi connectivity index (χ1n) is 5.98. The molecule has 2 heterocycles. The highest BCUT2D eigenvalue weighted by molar-refractivity contribution is 7.93. The van der Waals surface area contributed by atoms with Crippen molar-refractivity contribution in [3.63, 3.8) is 0 Å². The van der Waals surface area contributed by atoms with Crippen LogP contribution in [0.3, 0.4) is 0 Å². The smallest absolute Gasteiger partial charge is 0.264 e. The average Bonchev–Trinajstić information content (AvgIpc) is 2.81. The van der Waals surface area contributed by atoms with Gasteiger partial charge in [-0.05, 0) is 6.07 Å². The normalized spacial score (nSPS) is 11.8.